The van der Waals surface area contributed by atoms with Crippen LogP contribution in [0.1, 0.15) is 29.8 Å². The molecular weight excluding hydrogens is 462 g/mol. The van der Waals surface area contributed by atoms with Gasteiger partial charge in [-0.25, -0.2) is 5.43 Å². The van der Waals surface area contributed by atoms with Crippen molar-refractivity contribution in [1.29, 1.82) is 0 Å². The maximum atomic E-state index is 12.6. The summed E-state index contributed by atoms with van der Waals surface area (Å²) in [6, 6.07) is 11.4. The molecular formula is C23H24BrN3O4. The second-order valence-corrected chi connectivity index (χ2v) is 7.68. The highest BCUT2D eigenvalue weighted by Gasteiger charge is 2.24. The molecule has 0 heterocycles. The molecule has 0 aliphatic carbocycles. The fourth-order valence-corrected chi connectivity index (χ4v) is 3.23. The van der Waals surface area contributed by atoms with Crippen LogP contribution >= 0.6 is 15.9 Å². The van der Waals surface area contributed by atoms with Gasteiger partial charge in [-0.2, -0.15) is 5.10 Å². The molecule has 0 saturated heterocycles. The Morgan fingerprint density at radius 2 is 1.97 bits per heavy atom. The SMILES string of the molecule is C#CCOc1c(Br)cc(C=NNC(=O)C(NC(=O)c2ccccc2)C(C)C)cc1OC. The molecule has 0 aliphatic rings. The second kappa shape index (κ2) is 11.8. The highest BCUT2D eigenvalue weighted by Crippen LogP contribution is 2.36. The Balaban J connectivity index is 2.07. The van der Waals surface area contributed by atoms with Crippen molar-refractivity contribution >= 4 is 34.0 Å². The van der Waals surface area contributed by atoms with Crippen LogP contribution in [-0.4, -0.2) is 37.8 Å². The van der Waals surface area contributed by atoms with Gasteiger partial charge < -0.3 is 14.8 Å². The lowest BCUT2D eigenvalue weighted by Gasteiger charge is -2.20. The van der Waals surface area contributed by atoms with Gasteiger partial charge >= 0.3 is 0 Å². The maximum absolute atomic E-state index is 12.6. The van der Waals surface area contributed by atoms with E-state index in [1.165, 1.54) is 13.3 Å². The van der Waals surface area contributed by atoms with Crippen LogP contribution in [0.2, 0.25) is 0 Å². The Morgan fingerprint density at radius 3 is 2.58 bits per heavy atom. The van der Waals surface area contributed by atoms with Crippen molar-refractivity contribution in [3.63, 3.8) is 0 Å². The molecule has 2 amide bonds. The van der Waals surface area contributed by atoms with E-state index in [1.807, 2.05) is 19.9 Å². The highest BCUT2D eigenvalue weighted by molar-refractivity contribution is 9.10. The minimum Gasteiger partial charge on any atom is -0.493 e. The van der Waals surface area contributed by atoms with Crippen LogP contribution in [-0.2, 0) is 4.79 Å². The van der Waals surface area contributed by atoms with Crippen molar-refractivity contribution in [2.45, 2.75) is 19.9 Å². The van der Waals surface area contributed by atoms with E-state index >= 15 is 0 Å². The number of terminal acetylenes is 1. The summed E-state index contributed by atoms with van der Waals surface area (Å²) in [5, 5.41) is 6.76. The Bertz CT molecular complexity index is 984. The topological polar surface area (TPSA) is 89.0 Å². The predicted octanol–water partition coefficient (Wildman–Crippen LogP) is 3.37. The number of nitrogens with one attached hydrogen (secondary N) is 2. The van der Waals surface area contributed by atoms with E-state index in [-0.39, 0.29) is 18.4 Å². The molecule has 0 bridgehead atoms. The van der Waals surface area contributed by atoms with Crippen LogP contribution in [0.25, 0.3) is 0 Å². The first-order valence-corrected chi connectivity index (χ1v) is 10.3. The van der Waals surface area contributed by atoms with E-state index in [9.17, 15) is 9.59 Å². The van der Waals surface area contributed by atoms with E-state index in [0.29, 0.717) is 27.1 Å². The molecule has 7 nitrogen and oxygen atoms in total. The fourth-order valence-electron chi connectivity index (χ4n) is 2.66. The number of rotatable bonds is 9. The third-order valence-corrected chi connectivity index (χ3v) is 4.80. The summed E-state index contributed by atoms with van der Waals surface area (Å²) in [6.45, 7) is 3.79. The molecule has 0 fully saturated rings. The minimum atomic E-state index is -0.745. The van der Waals surface area contributed by atoms with Crippen molar-refractivity contribution in [3.05, 3.63) is 58.1 Å². The van der Waals surface area contributed by atoms with E-state index in [1.54, 1.807) is 36.4 Å². The Kier molecular flexibility index (Phi) is 9.10. The molecule has 31 heavy (non-hydrogen) atoms. The molecule has 162 valence electrons. The molecule has 2 aromatic carbocycles. The van der Waals surface area contributed by atoms with Crippen molar-refractivity contribution in [2.24, 2.45) is 11.0 Å². The number of hydrogen-bond acceptors (Lipinski definition) is 5. The molecule has 2 rings (SSSR count). The normalized spacial score (nSPS) is 11.6. The summed E-state index contributed by atoms with van der Waals surface area (Å²) in [4.78, 5) is 25.0. The van der Waals surface area contributed by atoms with Gasteiger partial charge in [0.2, 0.25) is 0 Å². The quantitative estimate of drug-likeness (QED) is 0.323. The second-order valence-electron chi connectivity index (χ2n) is 6.82. The lowest BCUT2D eigenvalue weighted by molar-refractivity contribution is -0.123. The standard InChI is InChI=1S/C23H24BrN3O4/c1-5-11-31-21-18(24)12-16(13-19(21)30-4)14-25-27-23(29)20(15(2)3)26-22(28)17-9-7-6-8-10-17/h1,6-10,12-15,20H,11H2,2-4H3,(H,26,28)(H,27,29). The summed E-state index contributed by atoms with van der Waals surface area (Å²) in [6.07, 6.45) is 6.70. The number of nitrogens with zero attached hydrogens (tertiary/aromatic N) is 1. The number of amides is 2. The van der Waals surface area contributed by atoms with E-state index in [4.69, 9.17) is 15.9 Å². The molecule has 0 aromatic heterocycles. The number of hydrazone groups is 1. The van der Waals surface area contributed by atoms with Gasteiger partial charge in [0, 0.05) is 5.56 Å². The number of halogens is 1. The average Bonchev–Trinajstić information content (AvgIpc) is 2.76. The third kappa shape index (κ3) is 6.86. The van der Waals surface area contributed by atoms with Gasteiger partial charge in [0.1, 0.15) is 12.6 Å². The first-order chi connectivity index (χ1) is 14.9. The Morgan fingerprint density at radius 1 is 1.26 bits per heavy atom. The van der Waals surface area contributed by atoms with Crippen LogP contribution < -0.4 is 20.2 Å². The Labute approximate surface area is 190 Å². The Hall–Kier alpha value is -3.31. The van der Waals surface area contributed by atoms with Crippen LogP contribution in [0.3, 0.4) is 0 Å². The molecule has 1 unspecified atom stereocenters. The van der Waals surface area contributed by atoms with Gasteiger partial charge in [-0.1, -0.05) is 38.0 Å². The molecule has 8 heteroatoms. The van der Waals surface area contributed by atoms with Gasteiger partial charge in [-0.15, -0.1) is 6.42 Å². The minimum absolute atomic E-state index is 0.101. The first-order valence-electron chi connectivity index (χ1n) is 9.50. The molecule has 2 N–H and O–H groups in total. The summed E-state index contributed by atoms with van der Waals surface area (Å²) in [5.41, 5.74) is 3.62. The smallest absolute Gasteiger partial charge is 0.262 e. The summed E-state index contributed by atoms with van der Waals surface area (Å²) in [5.74, 6) is 2.46. The molecule has 0 aliphatic heterocycles. The van der Waals surface area contributed by atoms with E-state index in [0.717, 1.165) is 0 Å². The van der Waals surface area contributed by atoms with Crippen molar-refractivity contribution in [2.75, 3.05) is 13.7 Å². The number of carbonyl (C=O) groups is 2. The van der Waals surface area contributed by atoms with Crippen molar-refractivity contribution < 1.29 is 19.1 Å². The van der Waals surface area contributed by atoms with E-state index < -0.39 is 11.9 Å². The summed E-state index contributed by atoms with van der Waals surface area (Å²) >= 11 is 3.41. The third-order valence-electron chi connectivity index (χ3n) is 4.21. The van der Waals surface area contributed by atoms with Crippen molar-refractivity contribution in [3.8, 4) is 23.8 Å². The molecule has 2 aromatic rings. The average molecular weight is 486 g/mol. The zero-order valence-corrected chi connectivity index (χ0v) is 19.1. The van der Waals surface area contributed by atoms with E-state index in [2.05, 4.69) is 37.7 Å². The number of benzene rings is 2. The lowest BCUT2D eigenvalue weighted by atomic mass is 10.0. The number of ether oxygens (including phenoxy) is 2. The van der Waals surface area contributed by atoms with Gasteiger partial charge in [0.05, 0.1) is 17.8 Å². The number of carbonyl (C=O) groups excluding carboxylic acids is 2. The molecule has 0 saturated carbocycles. The maximum Gasteiger partial charge on any atom is 0.262 e. The monoisotopic (exact) mass is 485 g/mol. The largest absolute Gasteiger partial charge is 0.493 e. The van der Waals surface area contributed by atoms with Crippen LogP contribution in [0, 0.1) is 18.3 Å². The fraction of sp³-hybridized carbons (Fsp3) is 0.261. The van der Waals surface area contributed by atoms with Crippen molar-refractivity contribution in [1.82, 2.24) is 10.7 Å². The zero-order valence-electron chi connectivity index (χ0n) is 17.5. The van der Waals surface area contributed by atoms with Gasteiger partial charge in [-0.05, 0) is 51.7 Å². The predicted molar refractivity (Wildman–Crippen MR) is 123 cm³/mol. The van der Waals surface area contributed by atoms with Crippen LogP contribution in [0.5, 0.6) is 11.5 Å². The summed E-state index contributed by atoms with van der Waals surface area (Å²) < 4.78 is 11.4. The lowest BCUT2D eigenvalue weighted by Crippen LogP contribution is -2.48. The molecule has 0 radical (unpaired) electrons. The first kappa shape index (κ1) is 24.0. The van der Waals surface area contributed by atoms with Gasteiger partial charge in [0.15, 0.2) is 11.5 Å². The van der Waals surface area contributed by atoms with Crippen LogP contribution in [0.15, 0.2) is 52.0 Å². The molecule has 0 spiro atoms. The van der Waals surface area contributed by atoms with Gasteiger partial charge in [-0.3, -0.25) is 9.59 Å². The molecule has 1 atom stereocenters. The number of methoxy groups -OCH3 is 1. The number of hydrogen-bond donors (Lipinski definition) is 2. The highest BCUT2D eigenvalue weighted by atomic mass is 79.9. The summed E-state index contributed by atoms with van der Waals surface area (Å²) in [7, 11) is 1.51. The van der Waals surface area contributed by atoms with Gasteiger partial charge in [0.25, 0.3) is 11.8 Å². The zero-order chi connectivity index (χ0) is 22.8. The van der Waals surface area contributed by atoms with Crippen LogP contribution in [0.4, 0.5) is 0 Å².